The first-order chi connectivity index (χ1) is 19.8. The molecule has 0 aromatic heterocycles. The maximum absolute atomic E-state index is 15.2. The molecule has 6 nitrogen and oxygen atoms in total. The molecule has 0 aromatic carbocycles. The van der Waals surface area contributed by atoms with Gasteiger partial charge in [-0.2, -0.15) is 0 Å². The Morgan fingerprint density at radius 1 is 0.667 bits per heavy atom. The summed E-state index contributed by atoms with van der Waals surface area (Å²) in [5.41, 5.74) is -0.974. The number of piperidine rings is 2. The van der Waals surface area contributed by atoms with Gasteiger partial charge < -0.3 is 14.7 Å². The van der Waals surface area contributed by atoms with Gasteiger partial charge in [-0.1, -0.05) is 13.8 Å². The molecular weight excluding hydrogens is 523 g/mol. The molecule has 4 rings (SSSR count). The first-order valence-electron chi connectivity index (χ1n) is 17.9. The van der Waals surface area contributed by atoms with E-state index in [1.807, 2.05) is 0 Å². The predicted octanol–water partition coefficient (Wildman–Crippen LogP) is 5.38. The Hall–Kier alpha value is -0.310. The number of halogens is 1. The van der Waals surface area contributed by atoms with Gasteiger partial charge in [0.05, 0.1) is 0 Å². The summed E-state index contributed by atoms with van der Waals surface area (Å²) in [6, 6.07) is 3.09. The third kappa shape index (κ3) is 10.7. The Kier molecular flexibility index (Phi) is 14.5. The molecule has 4 heterocycles. The van der Waals surface area contributed by atoms with Crippen LogP contribution >= 0.6 is 0 Å². The number of alkyl halides is 1. The van der Waals surface area contributed by atoms with E-state index in [2.05, 4.69) is 98.6 Å². The second-order valence-electron chi connectivity index (χ2n) is 15.4. The smallest absolute Gasteiger partial charge is 0.126 e. The Balaban J connectivity index is 0.000000231. The fourth-order valence-corrected chi connectivity index (χ4v) is 7.63. The summed E-state index contributed by atoms with van der Waals surface area (Å²) in [6.45, 7) is 37.7. The molecule has 4 fully saturated rings. The van der Waals surface area contributed by atoms with Crippen LogP contribution < -0.4 is 0 Å². The van der Waals surface area contributed by atoms with E-state index in [0.717, 1.165) is 51.0 Å². The molecule has 42 heavy (non-hydrogen) atoms. The lowest BCUT2D eigenvalue weighted by atomic mass is 9.85. The van der Waals surface area contributed by atoms with Crippen molar-refractivity contribution >= 4 is 0 Å². The van der Waals surface area contributed by atoms with Crippen LogP contribution in [0, 0.1) is 11.8 Å². The first-order valence-corrected chi connectivity index (χ1v) is 17.9. The quantitative estimate of drug-likeness (QED) is 0.355. The minimum absolute atomic E-state index is 0.469. The van der Waals surface area contributed by atoms with Crippen molar-refractivity contribution in [3.8, 4) is 0 Å². The van der Waals surface area contributed by atoms with Crippen molar-refractivity contribution in [1.29, 1.82) is 0 Å². The van der Waals surface area contributed by atoms with Crippen LogP contribution in [0.15, 0.2) is 0 Å². The second-order valence-corrected chi connectivity index (χ2v) is 15.4. The standard InChI is InChI=1S/C18H36FN3.C17H35N3/c1-6-16(4)20-9-7-18(19,8-10-20)14-22-12-11-21(15(2)3)13-17(22)5;1-14(2)19-10-8-18(9-11-19)13-17-6-7-20(15(3)4)12-16(17)5/h15-17H,6-14H2,1-5H3;14-17H,6-13H2,1-5H3/t16?,17-;/m0./s1. The average molecular weight is 595 g/mol. The third-order valence-electron chi connectivity index (χ3n) is 11.4. The van der Waals surface area contributed by atoms with Crippen molar-refractivity contribution in [3.63, 3.8) is 0 Å². The number of hydrogen-bond acceptors (Lipinski definition) is 6. The zero-order chi connectivity index (χ0) is 31.0. The predicted molar refractivity (Wildman–Crippen MR) is 179 cm³/mol. The minimum atomic E-state index is -0.974. The van der Waals surface area contributed by atoms with Gasteiger partial charge in [-0.15, -0.1) is 0 Å². The van der Waals surface area contributed by atoms with Crippen LogP contribution in [0.3, 0.4) is 0 Å². The molecule has 0 bridgehead atoms. The number of rotatable bonds is 9. The van der Waals surface area contributed by atoms with Crippen LogP contribution in [0.25, 0.3) is 0 Å². The molecule has 0 N–H and O–H groups in total. The van der Waals surface area contributed by atoms with Gasteiger partial charge in [0.2, 0.25) is 0 Å². The molecule has 4 saturated heterocycles. The van der Waals surface area contributed by atoms with Crippen LogP contribution in [0.5, 0.6) is 0 Å². The Bertz CT molecular complexity index is 746. The summed E-state index contributed by atoms with van der Waals surface area (Å²) in [5.74, 6) is 1.77. The maximum Gasteiger partial charge on any atom is 0.126 e. The molecular formula is C35H71FN6. The summed E-state index contributed by atoms with van der Waals surface area (Å²) in [4.78, 5) is 15.3. The third-order valence-corrected chi connectivity index (χ3v) is 11.4. The van der Waals surface area contributed by atoms with Gasteiger partial charge in [-0.3, -0.25) is 14.7 Å². The Labute approximate surface area is 261 Å². The van der Waals surface area contributed by atoms with Gasteiger partial charge in [0.25, 0.3) is 0 Å². The molecule has 0 aromatic rings. The second kappa shape index (κ2) is 16.8. The molecule has 4 atom stereocenters. The van der Waals surface area contributed by atoms with Gasteiger partial charge in [-0.05, 0) is 99.5 Å². The van der Waals surface area contributed by atoms with Crippen molar-refractivity contribution in [2.24, 2.45) is 11.8 Å². The van der Waals surface area contributed by atoms with Crippen LogP contribution in [-0.4, -0.2) is 150 Å². The molecule has 7 heteroatoms. The van der Waals surface area contributed by atoms with E-state index in [0.29, 0.717) is 49.6 Å². The Morgan fingerprint density at radius 3 is 1.71 bits per heavy atom. The molecule has 0 saturated carbocycles. The van der Waals surface area contributed by atoms with Crippen molar-refractivity contribution in [2.75, 3.05) is 85.1 Å². The molecule has 0 amide bonds. The number of hydrogen-bond donors (Lipinski definition) is 0. The topological polar surface area (TPSA) is 19.4 Å². The molecule has 4 aliphatic heterocycles. The number of likely N-dealkylation sites (tertiary alicyclic amines) is 2. The monoisotopic (exact) mass is 595 g/mol. The fraction of sp³-hybridized carbons (Fsp3) is 1.00. The first kappa shape index (κ1) is 36.2. The molecule has 3 unspecified atom stereocenters. The minimum Gasteiger partial charge on any atom is -0.301 e. The highest BCUT2D eigenvalue weighted by atomic mass is 19.1. The molecule has 248 valence electrons. The highest BCUT2D eigenvalue weighted by Crippen LogP contribution is 2.30. The van der Waals surface area contributed by atoms with Crippen molar-refractivity contribution in [1.82, 2.24) is 29.4 Å². The van der Waals surface area contributed by atoms with Crippen LogP contribution in [-0.2, 0) is 0 Å². The largest absolute Gasteiger partial charge is 0.301 e. The zero-order valence-electron chi connectivity index (χ0n) is 29.6. The highest BCUT2D eigenvalue weighted by molar-refractivity contribution is 4.93. The van der Waals surface area contributed by atoms with E-state index in [9.17, 15) is 0 Å². The molecule has 0 aliphatic carbocycles. The number of piperazine rings is 2. The summed E-state index contributed by atoms with van der Waals surface area (Å²) in [6.07, 6.45) is 3.96. The van der Waals surface area contributed by atoms with E-state index in [-0.39, 0.29) is 0 Å². The van der Waals surface area contributed by atoms with Gasteiger partial charge in [0.1, 0.15) is 5.67 Å². The molecule has 0 radical (unpaired) electrons. The maximum atomic E-state index is 15.2. The highest BCUT2D eigenvalue weighted by Gasteiger charge is 2.39. The van der Waals surface area contributed by atoms with Gasteiger partial charge in [-0.25, -0.2) is 4.39 Å². The lowest BCUT2D eigenvalue weighted by Crippen LogP contribution is -2.58. The lowest BCUT2D eigenvalue weighted by molar-refractivity contribution is -0.0191. The van der Waals surface area contributed by atoms with Crippen molar-refractivity contribution in [3.05, 3.63) is 0 Å². The van der Waals surface area contributed by atoms with E-state index in [1.165, 1.54) is 52.2 Å². The van der Waals surface area contributed by atoms with E-state index in [1.54, 1.807) is 0 Å². The lowest BCUT2D eigenvalue weighted by Gasteiger charge is -2.46. The van der Waals surface area contributed by atoms with E-state index >= 15 is 4.39 Å². The van der Waals surface area contributed by atoms with Crippen molar-refractivity contribution < 1.29 is 4.39 Å². The van der Waals surface area contributed by atoms with Crippen LogP contribution in [0.4, 0.5) is 4.39 Å². The zero-order valence-corrected chi connectivity index (χ0v) is 29.6. The summed E-state index contributed by atoms with van der Waals surface area (Å²) in [5, 5.41) is 0. The summed E-state index contributed by atoms with van der Waals surface area (Å²) in [7, 11) is 0. The summed E-state index contributed by atoms with van der Waals surface area (Å²) < 4.78 is 15.2. The normalized spacial score (nSPS) is 30.6. The van der Waals surface area contributed by atoms with Gasteiger partial charge >= 0.3 is 0 Å². The average Bonchev–Trinajstić information content (AvgIpc) is 2.95. The number of nitrogens with zero attached hydrogens (tertiary/aromatic N) is 6. The Morgan fingerprint density at radius 2 is 1.21 bits per heavy atom. The fourth-order valence-electron chi connectivity index (χ4n) is 7.63. The molecule has 0 spiro atoms. The molecule has 4 aliphatic rings. The van der Waals surface area contributed by atoms with Gasteiger partial charge in [0.15, 0.2) is 0 Å². The SMILES string of the molecule is CC1CN(C(C)C)CCC1CN1CCN(C(C)C)CC1.CCC(C)N1CCC(F)(CN2CCN(C(C)C)C[C@@H]2C)CC1. The van der Waals surface area contributed by atoms with Gasteiger partial charge in [0, 0.05) is 109 Å². The van der Waals surface area contributed by atoms with E-state index < -0.39 is 5.67 Å². The summed E-state index contributed by atoms with van der Waals surface area (Å²) >= 11 is 0. The van der Waals surface area contributed by atoms with Crippen LogP contribution in [0.1, 0.15) is 94.9 Å². The van der Waals surface area contributed by atoms with E-state index in [4.69, 9.17) is 0 Å². The van der Waals surface area contributed by atoms with Crippen LogP contribution in [0.2, 0.25) is 0 Å². The van der Waals surface area contributed by atoms with Crippen molar-refractivity contribution in [2.45, 2.75) is 131 Å².